The molecule has 0 aliphatic carbocycles. The van der Waals surface area contributed by atoms with Crippen LogP contribution in [-0.4, -0.2) is 65.4 Å². The van der Waals surface area contributed by atoms with Crippen molar-refractivity contribution in [1.29, 1.82) is 0 Å². The average molecular weight is 422 g/mol. The Hall–Kier alpha value is -3.59. The molecule has 3 aromatic rings. The number of phenols is 1. The van der Waals surface area contributed by atoms with Crippen molar-refractivity contribution in [1.82, 2.24) is 19.9 Å². The van der Waals surface area contributed by atoms with Gasteiger partial charge in [0, 0.05) is 38.3 Å². The molecule has 0 spiro atoms. The van der Waals surface area contributed by atoms with E-state index in [9.17, 15) is 5.11 Å². The lowest BCUT2D eigenvalue weighted by Gasteiger charge is -2.34. The van der Waals surface area contributed by atoms with Crippen LogP contribution in [0.4, 0.5) is 11.9 Å². The van der Waals surface area contributed by atoms with Crippen LogP contribution < -0.4 is 20.1 Å². The predicted molar refractivity (Wildman–Crippen MR) is 118 cm³/mol. The van der Waals surface area contributed by atoms with Gasteiger partial charge in [-0.15, -0.1) is 0 Å². The molecule has 0 amide bonds. The zero-order valence-electron chi connectivity index (χ0n) is 17.7. The second kappa shape index (κ2) is 9.05. The zero-order valence-corrected chi connectivity index (χ0v) is 17.7. The van der Waals surface area contributed by atoms with Crippen LogP contribution in [-0.2, 0) is 6.54 Å². The van der Waals surface area contributed by atoms with Gasteiger partial charge >= 0.3 is 0 Å². The highest BCUT2D eigenvalue weighted by Crippen LogP contribution is 2.28. The summed E-state index contributed by atoms with van der Waals surface area (Å²) in [6.45, 7) is 4.09. The van der Waals surface area contributed by atoms with Crippen molar-refractivity contribution in [3.63, 3.8) is 0 Å². The van der Waals surface area contributed by atoms with E-state index in [1.54, 1.807) is 32.4 Å². The minimum Gasteiger partial charge on any atom is -0.508 e. The third-order valence-corrected chi connectivity index (χ3v) is 5.25. The fraction of sp³-hybridized carbons (Fsp3) is 0.318. The highest BCUT2D eigenvalue weighted by molar-refractivity contribution is 5.59. The first kappa shape index (κ1) is 20.7. The number of nitrogens with two attached hydrogens (primary N) is 1. The van der Waals surface area contributed by atoms with Gasteiger partial charge in [-0.2, -0.15) is 15.0 Å². The van der Waals surface area contributed by atoms with Crippen LogP contribution in [0.2, 0.25) is 0 Å². The van der Waals surface area contributed by atoms with E-state index in [0.717, 1.165) is 44.2 Å². The predicted octanol–water partition coefficient (Wildman–Crippen LogP) is 2.17. The van der Waals surface area contributed by atoms with E-state index < -0.39 is 0 Å². The summed E-state index contributed by atoms with van der Waals surface area (Å²) in [5, 5.41) is 9.74. The number of methoxy groups -OCH3 is 2. The molecule has 9 nitrogen and oxygen atoms in total. The molecule has 4 rings (SSSR count). The molecule has 0 atom stereocenters. The van der Waals surface area contributed by atoms with Crippen LogP contribution in [0, 0.1) is 0 Å². The number of nitrogens with zero attached hydrogens (tertiary/aromatic N) is 5. The van der Waals surface area contributed by atoms with Gasteiger partial charge < -0.3 is 25.2 Å². The molecule has 31 heavy (non-hydrogen) atoms. The van der Waals surface area contributed by atoms with Crippen LogP contribution in [0.15, 0.2) is 42.5 Å². The quantitative estimate of drug-likeness (QED) is 0.617. The van der Waals surface area contributed by atoms with Gasteiger partial charge in [0.2, 0.25) is 11.9 Å². The van der Waals surface area contributed by atoms with Crippen LogP contribution >= 0.6 is 0 Å². The number of ether oxygens (including phenoxy) is 2. The van der Waals surface area contributed by atoms with E-state index in [0.29, 0.717) is 17.3 Å². The maximum Gasteiger partial charge on any atom is 0.230 e. The topological polar surface area (TPSA) is 110 Å². The largest absolute Gasteiger partial charge is 0.508 e. The lowest BCUT2D eigenvalue weighted by Crippen LogP contribution is -2.46. The average Bonchev–Trinajstić information content (AvgIpc) is 2.79. The van der Waals surface area contributed by atoms with Gasteiger partial charge in [-0.05, 0) is 29.8 Å². The van der Waals surface area contributed by atoms with Gasteiger partial charge in [-0.25, -0.2) is 0 Å². The monoisotopic (exact) mass is 422 g/mol. The van der Waals surface area contributed by atoms with E-state index in [4.69, 9.17) is 15.2 Å². The van der Waals surface area contributed by atoms with Crippen molar-refractivity contribution >= 4 is 11.9 Å². The fourth-order valence-corrected chi connectivity index (χ4v) is 3.64. The number of rotatable bonds is 6. The first-order valence-electron chi connectivity index (χ1n) is 10.0. The molecular weight excluding hydrogens is 396 g/mol. The van der Waals surface area contributed by atoms with Gasteiger partial charge in [0.1, 0.15) is 5.75 Å². The van der Waals surface area contributed by atoms with Gasteiger partial charge in [0.25, 0.3) is 0 Å². The summed E-state index contributed by atoms with van der Waals surface area (Å²) >= 11 is 0. The number of phenolic OH excluding ortho intramolecular Hbond substituents is 1. The summed E-state index contributed by atoms with van der Waals surface area (Å²) in [7, 11) is 3.28. The fourth-order valence-electron chi connectivity index (χ4n) is 3.64. The molecule has 9 heteroatoms. The molecule has 1 fully saturated rings. The number of piperazine rings is 1. The Morgan fingerprint density at radius 2 is 1.71 bits per heavy atom. The maximum absolute atomic E-state index is 9.74. The van der Waals surface area contributed by atoms with Crippen LogP contribution in [0.5, 0.6) is 17.2 Å². The Kier molecular flexibility index (Phi) is 6.03. The smallest absolute Gasteiger partial charge is 0.230 e. The molecule has 162 valence electrons. The van der Waals surface area contributed by atoms with Crippen LogP contribution in [0.3, 0.4) is 0 Å². The Morgan fingerprint density at radius 3 is 2.42 bits per heavy atom. The van der Waals surface area contributed by atoms with Crippen molar-refractivity contribution in [2.75, 3.05) is 51.0 Å². The van der Waals surface area contributed by atoms with Gasteiger partial charge in [0.05, 0.1) is 14.2 Å². The molecular formula is C22H26N6O3. The molecule has 2 heterocycles. The Bertz CT molecular complexity index is 1050. The van der Waals surface area contributed by atoms with Crippen molar-refractivity contribution < 1.29 is 14.6 Å². The first-order chi connectivity index (χ1) is 15.1. The minimum absolute atomic E-state index is 0.154. The number of hydrogen-bond donors (Lipinski definition) is 2. The van der Waals surface area contributed by atoms with Crippen molar-refractivity contribution in [3.8, 4) is 28.6 Å². The number of aromatic hydroxyl groups is 1. The normalized spacial score (nSPS) is 14.5. The highest BCUT2D eigenvalue weighted by atomic mass is 16.5. The molecule has 1 aliphatic rings. The molecule has 3 N–H and O–H groups in total. The van der Waals surface area contributed by atoms with Gasteiger partial charge in [-0.1, -0.05) is 18.2 Å². The summed E-state index contributed by atoms with van der Waals surface area (Å²) in [5.41, 5.74) is 7.80. The standard InChI is InChI=1S/C22H26N6O3/c1-30-18-7-6-15(12-19(18)31-2)14-27-8-10-28(11-9-27)22-25-20(24-21(23)26-22)16-4-3-5-17(29)13-16/h3-7,12-13,29H,8-11,14H2,1-2H3,(H2,23,24,25,26). The first-order valence-corrected chi connectivity index (χ1v) is 10.0. The summed E-state index contributed by atoms with van der Waals surface area (Å²) in [4.78, 5) is 17.6. The van der Waals surface area contributed by atoms with E-state index >= 15 is 0 Å². The second-order valence-corrected chi connectivity index (χ2v) is 7.32. The number of nitrogen functional groups attached to an aromatic ring is 1. The van der Waals surface area contributed by atoms with Gasteiger partial charge in [-0.3, -0.25) is 4.90 Å². The van der Waals surface area contributed by atoms with Crippen molar-refractivity contribution in [2.24, 2.45) is 0 Å². The summed E-state index contributed by atoms with van der Waals surface area (Å²) in [6, 6.07) is 12.8. The highest BCUT2D eigenvalue weighted by Gasteiger charge is 2.21. The molecule has 1 aromatic heterocycles. The van der Waals surface area contributed by atoms with E-state index in [-0.39, 0.29) is 11.7 Å². The molecule has 1 saturated heterocycles. The Labute approximate surface area is 181 Å². The summed E-state index contributed by atoms with van der Waals surface area (Å²) in [5.74, 6) is 2.78. The molecule has 0 bridgehead atoms. The number of aromatic nitrogens is 3. The number of hydrogen-bond acceptors (Lipinski definition) is 9. The molecule has 2 aromatic carbocycles. The molecule has 1 aliphatic heterocycles. The van der Waals surface area contributed by atoms with Crippen molar-refractivity contribution in [3.05, 3.63) is 48.0 Å². The third kappa shape index (κ3) is 4.77. The zero-order chi connectivity index (χ0) is 21.8. The van der Waals surface area contributed by atoms with Crippen LogP contribution in [0.1, 0.15) is 5.56 Å². The Morgan fingerprint density at radius 1 is 0.935 bits per heavy atom. The number of anilines is 2. The van der Waals surface area contributed by atoms with E-state index in [1.165, 1.54) is 5.56 Å². The van der Waals surface area contributed by atoms with Gasteiger partial charge in [0.15, 0.2) is 17.3 Å². The second-order valence-electron chi connectivity index (χ2n) is 7.32. The molecule has 0 radical (unpaired) electrons. The Balaban J connectivity index is 1.43. The molecule has 0 saturated carbocycles. The number of benzene rings is 2. The SMILES string of the molecule is COc1ccc(CN2CCN(c3nc(N)nc(-c4cccc(O)c4)n3)CC2)cc1OC. The van der Waals surface area contributed by atoms with E-state index in [1.807, 2.05) is 18.2 Å². The lowest BCUT2D eigenvalue weighted by molar-refractivity contribution is 0.248. The van der Waals surface area contributed by atoms with Crippen molar-refractivity contribution in [2.45, 2.75) is 6.54 Å². The minimum atomic E-state index is 0.154. The third-order valence-electron chi connectivity index (χ3n) is 5.25. The summed E-state index contributed by atoms with van der Waals surface area (Å²) in [6.07, 6.45) is 0. The summed E-state index contributed by atoms with van der Waals surface area (Å²) < 4.78 is 10.7. The molecule has 0 unspecified atom stereocenters. The maximum atomic E-state index is 9.74. The van der Waals surface area contributed by atoms with E-state index in [2.05, 4.69) is 30.8 Å². The van der Waals surface area contributed by atoms with Crippen LogP contribution in [0.25, 0.3) is 11.4 Å². The lowest BCUT2D eigenvalue weighted by atomic mass is 10.1.